The molecule has 0 aromatic heterocycles. The number of hydrogen-bond donors (Lipinski definition) is 1. The molecule has 0 aliphatic carbocycles. The summed E-state index contributed by atoms with van der Waals surface area (Å²) in [5.41, 5.74) is -0.529. The van der Waals surface area contributed by atoms with Crippen LogP contribution >= 0.6 is 23.5 Å². The number of rotatable bonds is 36. The first-order chi connectivity index (χ1) is 32.9. The maximum atomic E-state index is 14.5. The molecule has 1 aromatic carbocycles. The largest absolute Gasteiger partial charge is 0.465 e. The van der Waals surface area contributed by atoms with Gasteiger partial charge in [-0.15, -0.1) is 0 Å². The molecule has 0 aliphatic rings. The molecule has 1 aromatic rings. The Morgan fingerprint density at radius 1 is 0.411 bits per heavy atom. The predicted molar refractivity (Wildman–Crippen MR) is 220 cm³/mol. The molecule has 0 amide bonds. The average molecular weight is 1160 g/mol. The van der Waals surface area contributed by atoms with Crippen LogP contribution in [-0.4, -0.2) is 94.5 Å². The molecule has 1 N–H and O–H groups in total. The molecular weight excluding hydrogens is 1110 g/mol. The molecule has 0 heterocycles. The molecule has 1 rings (SSSR count). The van der Waals surface area contributed by atoms with E-state index in [-0.39, 0.29) is 53.1 Å². The van der Waals surface area contributed by atoms with E-state index in [4.69, 9.17) is 4.74 Å². The lowest BCUT2D eigenvalue weighted by atomic mass is 9.93. The monoisotopic (exact) mass is 1160 g/mol. The molecule has 2 nitrogen and oxygen atoms in total. The van der Waals surface area contributed by atoms with Crippen LogP contribution in [-0.2, 0) is 11.5 Å². The van der Waals surface area contributed by atoms with Crippen molar-refractivity contribution >= 4 is 23.5 Å². The molecule has 1 unspecified atom stereocenters. The number of unbranched alkanes of at least 4 members (excludes halogenated alkanes) is 14. The van der Waals surface area contributed by atoms with E-state index >= 15 is 0 Å². The van der Waals surface area contributed by atoms with Crippen LogP contribution in [0.4, 0.5) is 114 Å². The molecular formula is C43H54F26O2S2. The van der Waals surface area contributed by atoms with Gasteiger partial charge in [-0.1, -0.05) is 115 Å². The van der Waals surface area contributed by atoms with Crippen molar-refractivity contribution in [3.8, 4) is 5.75 Å². The molecule has 1 atom stereocenters. The van der Waals surface area contributed by atoms with Gasteiger partial charge < -0.3 is 9.84 Å². The quantitative estimate of drug-likeness (QED) is 0.0412. The number of thioether (sulfide) groups is 2. The van der Waals surface area contributed by atoms with Gasteiger partial charge in [-0.05, 0) is 24.9 Å². The van der Waals surface area contributed by atoms with E-state index in [1.165, 1.54) is 32.6 Å². The van der Waals surface area contributed by atoms with E-state index in [1.54, 1.807) is 0 Å². The van der Waals surface area contributed by atoms with Crippen molar-refractivity contribution in [3.05, 3.63) is 28.8 Å². The molecule has 73 heavy (non-hydrogen) atoms. The fraction of sp³-hybridized carbons (Fsp3) is 0.860. The third-order valence-corrected chi connectivity index (χ3v) is 13.3. The van der Waals surface area contributed by atoms with Gasteiger partial charge in [0.2, 0.25) is 0 Å². The van der Waals surface area contributed by atoms with Crippen LogP contribution in [0.25, 0.3) is 0 Å². The number of ether oxygens (including phenoxy) is 1. The molecule has 0 aliphatic heterocycles. The minimum atomic E-state index is -8.14. The van der Waals surface area contributed by atoms with E-state index in [9.17, 15) is 119 Å². The van der Waals surface area contributed by atoms with Gasteiger partial charge >= 0.3 is 71.6 Å². The number of aliphatic hydroxyl groups is 1. The summed E-state index contributed by atoms with van der Waals surface area (Å²) < 4.78 is 359. The summed E-state index contributed by atoms with van der Waals surface area (Å²) in [5.74, 6) is -81.5. The first-order valence-electron chi connectivity index (χ1n) is 22.5. The van der Waals surface area contributed by atoms with Gasteiger partial charge in [-0.3, -0.25) is 0 Å². The second kappa shape index (κ2) is 26.5. The lowest BCUT2D eigenvalue weighted by molar-refractivity contribution is -0.439. The maximum absolute atomic E-state index is 14.5. The lowest BCUT2D eigenvalue weighted by Gasteiger charge is -2.39. The Labute approximate surface area is 411 Å². The van der Waals surface area contributed by atoms with Crippen LogP contribution in [0.2, 0.25) is 0 Å². The van der Waals surface area contributed by atoms with Gasteiger partial charge in [0.25, 0.3) is 0 Å². The van der Waals surface area contributed by atoms with Gasteiger partial charge in [-0.25, -0.2) is 0 Å². The van der Waals surface area contributed by atoms with Crippen molar-refractivity contribution in [2.75, 3.05) is 11.5 Å². The Balaban J connectivity index is 3.27. The zero-order valence-electron chi connectivity index (χ0n) is 38.8. The van der Waals surface area contributed by atoms with Crippen LogP contribution in [0, 0.1) is 6.92 Å². The minimum absolute atomic E-state index is 0.0362. The Morgan fingerprint density at radius 2 is 0.685 bits per heavy atom. The normalized spacial score (nSPS) is 15.1. The van der Waals surface area contributed by atoms with E-state index in [1.807, 2.05) is 0 Å². The van der Waals surface area contributed by atoms with E-state index in [0.717, 1.165) is 63.5 Å². The highest BCUT2D eigenvalue weighted by molar-refractivity contribution is 7.98. The minimum Gasteiger partial charge on any atom is -0.465 e. The van der Waals surface area contributed by atoms with Crippen molar-refractivity contribution in [2.45, 2.75) is 219 Å². The summed E-state index contributed by atoms with van der Waals surface area (Å²) in [6, 6.07) is 2.18. The number of benzene rings is 1. The SMILES string of the molecule is CCCCCCCCCCCCCCCCCC(O)Oc1c(CSCCC(F)(F)C(F)(F)C(F)(F)C(F)(F)C(F)(F)C(F)(F)F)cc(C)cc1CSCCC(F)(F)C(F)(F)C(F)(F)C(F)(F)C(F)(F)C(F)(F)F. The summed E-state index contributed by atoms with van der Waals surface area (Å²) in [5, 5.41) is 10.7. The van der Waals surface area contributed by atoms with Crippen molar-refractivity contribution in [1.29, 1.82) is 0 Å². The van der Waals surface area contributed by atoms with E-state index < -0.39 is 119 Å². The molecule has 0 spiro atoms. The van der Waals surface area contributed by atoms with Crippen LogP contribution < -0.4 is 4.74 Å². The highest BCUT2D eigenvalue weighted by atomic mass is 32.2. The number of hydrogen-bond acceptors (Lipinski definition) is 4. The third-order valence-electron chi connectivity index (χ3n) is 11.3. The summed E-state index contributed by atoms with van der Waals surface area (Å²) >= 11 is 0.0725. The Kier molecular flexibility index (Phi) is 25.0. The Hall–Kier alpha value is -2.14. The van der Waals surface area contributed by atoms with Crippen molar-refractivity contribution in [3.63, 3.8) is 0 Å². The summed E-state index contributed by atoms with van der Waals surface area (Å²) in [7, 11) is 0. The van der Waals surface area contributed by atoms with Crippen LogP contribution in [0.1, 0.15) is 139 Å². The van der Waals surface area contributed by atoms with Crippen LogP contribution in [0.3, 0.4) is 0 Å². The van der Waals surface area contributed by atoms with Gasteiger partial charge in [-0.2, -0.15) is 138 Å². The second-order valence-corrected chi connectivity index (χ2v) is 19.5. The number of alkyl halides is 26. The smallest absolute Gasteiger partial charge is 0.460 e. The fourth-order valence-corrected chi connectivity index (χ4v) is 8.82. The molecule has 0 bridgehead atoms. The number of aliphatic hydroxyl groups excluding tert-OH is 1. The molecule has 0 radical (unpaired) electrons. The fourth-order valence-electron chi connectivity index (χ4n) is 6.86. The standard InChI is InChI=1S/C43H54F26O2S2/c1-3-4-5-6-7-8-9-10-11-12-13-14-15-16-17-18-30(70)71-31-28(25-72-21-19-32(44,45)34(48,49)36(52,53)38(56,57)40(60,61)42(64,65)66)23-27(2)24-29(31)26-73-22-20-33(46,47)35(50,51)37(54,55)39(58,59)41(62,63)43(67,68)69/h23-24,30,70H,3-22,25-26H2,1-2H3. The molecule has 0 saturated heterocycles. The van der Waals surface area contributed by atoms with Crippen LogP contribution in [0.15, 0.2) is 12.1 Å². The maximum Gasteiger partial charge on any atom is 0.460 e. The summed E-state index contributed by atoms with van der Waals surface area (Å²) in [6.45, 7) is 3.34. The van der Waals surface area contributed by atoms with Gasteiger partial charge in [0.1, 0.15) is 5.75 Å². The lowest BCUT2D eigenvalue weighted by Crippen LogP contribution is -2.70. The zero-order valence-corrected chi connectivity index (χ0v) is 40.4. The number of halogens is 26. The van der Waals surface area contributed by atoms with Gasteiger partial charge in [0, 0.05) is 41.9 Å². The summed E-state index contributed by atoms with van der Waals surface area (Å²) in [4.78, 5) is 0. The zero-order chi connectivity index (χ0) is 57.0. The Bertz CT molecular complexity index is 1700. The van der Waals surface area contributed by atoms with Gasteiger partial charge in [0.15, 0.2) is 6.29 Å². The first-order valence-corrected chi connectivity index (χ1v) is 24.8. The summed E-state index contributed by atoms with van der Waals surface area (Å²) in [6.07, 6.45) is -8.17. The predicted octanol–water partition coefficient (Wildman–Crippen LogP) is 18.7. The van der Waals surface area contributed by atoms with Crippen molar-refractivity contribution in [2.24, 2.45) is 0 Å². The third kappa shape index (κ3) is 16.2. The number of aryl methyl sites for hydroxylation is 1. The highest BCUT2D eigenvalue weighted by Crippen LogP contribution is 2.62. The molecule has 0 saturated carbocycles. The van der Waals surface area contributed by atoms with E-state index in [2.05, 4.69) is 6.92 Å². The van der Waals surface area contributed by atoms with Crippen LogP contribution in [0.5, 0.6) is 5.75 Å². The Morgan fingerprint density at radius 3 is 0.973 bits per heavy atom. The van der Waals surface area contributed by atoms with Gasteiger partial charge in [0.05, 0.1) is 0 Å². The molecule has 0 fully saturated rings. The van der Waals surface area contributed by atoms with Crippen molar-refractivity contribution in [1.82, 2.24) is 0 Å². The topological polar surface area (TPSA) is 29.5 Å². The molecule has 30 heteroatoms. The highest BCUT2D eigenvalue weighted by Gasteiger charge is 2.92. The van der Waals surface area contributed by atoms with Crippen molar-refractivity contribution < 1.29 is 124 Å². The average Bonchev–Trinajstić information content (AvgIpc) is 3.24. The van der Waals surface area contributed by atoms with E-state index in [0.29, 0.717) is 12.8 Å². The second-order valence-electron chi connectivity index (χ2n) is 17.3. The first kappa shape index (κ1) is 68.9. The molecule has 432 valence electrons.